The average Bonchev–Trinajstić information content (AvgIpc) is 2.19. The van der Waals surface area contributed by atoms with Gasteiger partial charge in [0, 0.05) is 18.1 Å². The van der Waals surface area contributed by atoms with Crippen LogP contribution in [-0.4, -0.2) is 16.9 Å². The quantitative estimate of drug-likeness (QED) is 0.809. The van der Waals surface area contributed by atoms with E-state index >= 15 is 0 Å². The van der Waals surface area contributed by atoms with E-state index in [2.05, 4.69) is 17.2 Å². The maximum Gasteiger partial charge on any atom is 0.145 e. The zero-order chi connectivity index (χ0) is 11.3. The second-order valence-corrected chi connectivity index (χ2v) is 4.58. The molecule has 0 aliphatic rings. The molecule has 0 saturated carbocycles. The standard InChI is InChI=1S/C10H13Cl3N2/c1-7(3-2-4-11)15-10-9(13)5-8(12)6-14-10/h5-7H,2-4H2,1H3,(H,14,15). The van der Waals surface area contributed by atoms with E-state index in [4.69, 9.17) is 34.8 Å². The molecule has 15 heavy (non-hydrogen) atoms. The van der Waals surface area contributed by atoms with Crippen LogP contribution in [-0.2, 0) is 0 Å². The summed E-state index contributed by atoms with van der Waals surface area (Å²) in [5.74, 6) is 1.34. The fourth-order valence-corrected chi connectivity index (χ4v) is 1.80. The lowest BCUT2D eigenvalue weighted by Gasteiger charge is -2.14. The molecule has 0 fully saturated rings. The van der Waals surface area contributed by atoms with Gasteiger partial charge in [-0.05, 0) is 25.8 Å². The van der Waals surface area contributed by atoms with E-state index in [-0.39, 0.29) is 0 Å². The predicted molar refractivity (Wildman–Crippen MR) is 67.3 cm³/mol. The average molecular weight is 268 g/mol. The lowest BCUT2D eigenvalue weighted by atomic mass is 10.2. The number of pyridine rings is 1. The lowest BCUT2D eigenvalue weighted by Crippen LogP contribution is -2.16. The maximum absolute atomic E-state index is 5.97. The number of hydrogen-bond acceptors (Lipinski definition) is 2. The Morgan fingerprint density at radius 3 is 2.80 bits per heavy atom. The van der Waals surface area contributed by atoms with Gasteiger partial charge >= 0.3 is 0 Å². The summed E-state index contributed by atoms with van der Waals surface area (Å²) in [6, 6.07) is 1.97. The van der Waals surface area contributed by atoms with Crippen molar-refractivity contribution >= 4 is 40.6 Å². The van der Waals surface area contributed by atoms with Crippen LogP contribution in [0, 0.1) is 0 Å². The van der Waals surface area contributed by atoms with Crippen LogP contribution in [0.25, 0.3) is 0 Å². The first kappa shape index (κ1) is 12.9. The third-order valence-electron chi connectivity index (χ3n) is 1.96. The topological polar surface area (TPSA) is 24.9 Å². The molecule has 1 atom stereocenters. The first-order valence-electron chi connectivity index (χ1n) is 4.77. The molecular formula is C10H13Cl3N2. The maximum atomic E-state index is 5.97. The Kier molecular flexibility index (Phi) is 5.51. The van der Waals surface area contributed by atoms with E-state index in [1.807, 2.05) is 0 Å². The summed E-state index contributed by atoms with van der Waals surface area (Å²) in [6.07, 6.45) is 3.54. The highest BCUT2D eigenvalue weighted by atomic mass is 35.5. The number of nitrogens with zero attached hydrogens (tertiary/aromatic N) is 1. The van der Waals surface area contributed by atoms with Crippen molar-refractivity contribution in [2.45, 2.75) is 25.8 Å². The second kappa shape index (κ2) is 6.41. The van der Waals surface area contributed by atoms with Crippen molar-refractivity contribution in [3.05, 3.63) is 22.3 Å². The third kappa shape index (κ3) is 4.45. The van der Waals surface area contributed by atoms with E-state index in [1.54, 1.807) is 12.3 Å². The number of nitrogens with one attached hydrogen (secondary N) is 1. The van der Waals surface area contributed by atoms with Crippen molar-refractivity contribution in [3.8, 4) is 0 Å². The minimum atomic E-state index is 0.301. The number of aromatic nitrogens is 1. The largest absolute Gasteiger partial charge is 0.366 e. The Hall–Kier alpha value is -0.180. The molecule has 0 radical (unpaired) electrons. The highest BCUT2D eigenvalue weighted by Crippen LogP contribution is 2.23. The van der Waals surface area contributed by atoms with E-state index in [9.17, 15) is 0 Å². The van der Waals surface area contributed by atoms with E-state index < -0.39 is 0 Å². The van der Waals surface area contributed by atoms with Crippen molar-refractivity contribution in [2.24, 2.45) is 0 Å². The highest BCUT2D eigenvalue weighted by Gasteiger charge is 2.06. The van der Waals surface area contributed by atoms with Gasteiger partial charge in [-0.25, -0.2) is 4.98 Å². The Morgan fingerprint density at radius 1 is 1.47 bits per heavy atom. The smallest absolute Gasteiger partial charge is 0.145 e. The number of halogens is 3. The summed E-state index contributed by atoms with van der Waals surface area (Å²) < 4.78 is 0. The molecule has 0 amide bonds. The SMILES string of the molecule is CC(CCCCl)Nc1ncc(Cl)cc1Cl. The molecule has 5 heteroatoms. The molecule has 1 rings (SSSR count). The molecule has 1 heterocycles. The van der Waals surface area contributed by atoms with Gasteiger partial charge in [-0.3, -0.25) is 0 Å². The van der Waals surface area contributed by atoms with Crippen LogP contribution in [0.3, 0.4) is 0 Å². The summed E-state index contributed by atoms with van der Waals surface area (Å²) in [5, 5.41) is 4.29. The second-order valence-electron chi connectivity index (χ2n) is 3.36. The fraction of sp³-hybridized carbons (Fsp3) is 0.500. The first-order chi connectivity index (χ1) is 7.13. The Labute approximate surface area is 105 Å². The van der Waals surface area contributed by atoms with Gasteiger partial charge in [-0.15, -0.1) is 11.6 Å². The summed E-state index contributed by atoms with van der Waals surface area (Å²) in [4.78, 5) is 4.12. The van der Waals surface area contributed by atoms with Gasteiger partial charge < -0.3 is 5.32 Å². The zero-order valence-electron chi connectivity index (χ0n) is 8.43. The van der Waals surface area contributed by atoms with Crippen LogP contribution in [0.1, 0.15) is 19.8 Å². The molecule has 0 saturated heterocycles. The van der Waals surface area contributed by atoms with Crippen molar-refractivity contribution in [2.75, 3.05) is 11.2 Å². The third-order valence-corrected chi connectivity index (χ3v) is 2.72. The highest BCUT2D eigenvalue weighted by molar-refractivity contribution is 6.35. The monoisotopic (exact) mass is 266 g/mol. The summed E-state index contributed by atoms with van der Waals surface area (Å²) in [6.45, 7) is 2.07. The molecule has 2 nitrogen and oxygen atoms in total. The van der Waals surface area contributed by atoms with Gasteiger partial charge in [0.1, 0.15) is 5.82 Å². The van der Waals surface area contributed by atoms with Gasteiger partial charge in [0.05, 0.1) is 10.0 Å². The number of alkyl halides is 1. The fourth-order valence-electron chi connectivity index (χ4n) is 1.21. The molecular weight excluding hydrogens is 254 g/mol. The van der Waals surface area contributed by atoms with E-state index in [0.29, 0.717) is 27.8 Å². The minimum Gasteiger partial charge on any atom is -0.366 e. The van der Waals surface area contributed by atoms with Crippen LogP contribution in [0.5, 0.6) is 0 Å². The Bertz CT molecular complexity index is 318. The Morgan fingerprint density at radius 2 is 2.20 bits per heavy atom. The van der Waals surface area contributed by atoms with Crippen molar-refractivity contribution in [3.63, 3.8) is 0 Å². The predicted octanol–water partition coefficient (Wildman–Crippen LogP) is 4.21. The van der Waals surface area contributed by atoms with Crippen molar-refractivity contribution in [1.82, 2.24) is 4.98 Å². The van der Waals surface area contributed by atoms with Crippen LogP contribution in [0.4, 0.5) is 5.82 Å². The molecule has 84 valence electrons. The number of hydrogen-bond donors (Lipinski definition) is 1. The summed E-state index contributed by atoms with van der Waals surface area (Å²) in [5.41, 5.74) is 0. The van der Waals surface area contributed by atoms with Crippen LogP contribution in [0.15, 0.2) is 12.3 Å². The molecule has 1 N–H and O–H groups in total. The molecule has 0 spiro atoms. The molecule has 0 bridgehead atoms. The van der Waals surface area contributed by atoms with Gasteiger partial charge in [0.2, 0.25) is 0 Å². The molecule has 0 aliphatic heterocycles. The van der Waals surface area contributed by atoms with Gasteiger partial charge in [0.15, 0.2) is 0 Å². The zero-order valence-corrected chi connectivity index (χ0v) is 10.7. The van der Waals surface area contributed by atoms with Crippen LogP contribution >= 0.6 is 34.8 Å². The van der Waals surface area contributed by atoms with Crippen molar-refractivity contribution in [1.29, 1.82) is 0 Å². The lowest BCUT2D eigenvalue weighted by molar-refractivity contribution is 0.690. The minimum absolute atomic E-state index is 0.301. The summed E-state index contributed by atoms with van der Waals surface area (Å²) in [7, 11) is 0. The van der Waals surface area contributed by atoms with Gasteiger partial charge in [0.25, 0.3) is 0 Å². The molecule has 1 unspecified atom stereocenters. The number of rotatable bonds is 5. The molecule has 0 aliphatic carbocycles. The molecule has 0 aromatic carbocycles. The van der Waals surface area contributed by atoms with Gasteiger partial charge in [-0.1, -0.05) is 23.2 Å². The van der Waals surface area contributed by atoms with Crippen LogP contribution < -0.4 is 5.32 Å². The summed E-state index contributed by atoms with van der Waals surface area (Å²) >= 11 is 17.3. The van der Waals surface area contributed by atoms with E-state index in [0.717, 1.165) is 12.8 Å². The molecule has 1 aromatic heterocycles. The first-order valence-corrected chi connectivity index (χ1v) is 6.06. The number of anilines is 1. The van der Waals surface area contributed by atoms with E-state index in [1.165, 1.54) is 0 Å². The van der Waals surface area contributed by atoms with Crippen LogP contribution in [0.2, 0.25) is 10.0 Å². The van der Waals surface area contributed by atoms with Gasteiger partial charge in [-0.2, -0.15) is 0 Å². The van der Waals surface area contributed by atoms with Crippen molar-refractivity contribution < 1.29 is 0 Å². The Balaban J connectivity index is 2.56. The normalized spacial score (nSPS) is 12.5. The molecule has 1 aromatic rings.